The highest BCUT2D eigenvalue weighted by atomic mass is 16.5. The molecule has 41 heavy (non-hydrogen) atoms. The summed E-state index contributed by atoms with van der Waals surface area (Å²) in [5.74, 6) is -0.268. The number of amides is 4. The second-order valence-electron chi connectivity index (χ2n) is 10.8. The molecular formula is C31H42N4O6. The molecule has 0 bridgehead atoms. The first-order valence-electron chi connectivity index (χ1n) is 14.1. The number of nitrogens with one attached hydrogen (secondary N) is 3. The molecule has 1 aliphatic heterocycles. The second kappa shape index (κ2) is 15.1. The Hall–Kier alpha value is -4.08. The van der Waals surface area contributed by atoms with Crippen LogP contribution in [0.15, 0.2) is 42.5 Å². The van der Waals surface area contributed by atoms with Crippen LogP contribution in [0, 0.1) is 19.8 Å². The molecule has 2 aromatic carbocycles. The van der Waals surface area contributed by atoms with Crippen molar-refractivity contribution in [2.24, 2.45) is 5.92 Å². The molecule has 10 nitrogen and oxygen atoms in total. The molecule has 0 spiro atoms. The van der Waals surface area contributed by atoms with Crippen LogP contribution >= 0.6 is 0 Å². The number of benzene rings is 2. The summed E-state index contributed by atoms with van der Waals surface area (Å²) in [6, 6.07) is 10.9. The minimum absolute atomic E-state index is 0.0444. The summed E-state index contributed by atoms with van der Waals surface area (Å²) in [6.07, 6.45) is 0.462. The van der Waals surface area contributed by atoms with Gasteiger partial charge in [-0.05, 0) is 56.4 Å². The van der Waals surface area contributed by atoms with Gasteiger partial charge in [0.05, 0.1) is 18.7 Å². The maximum absolute atomic E-state index is 13.2. The molecule has 0 aliphatic carbocycles. The van der Waals surface area contributed by atoms with Gasteiger partial charge < -0.3 is 30.3 Å². The summed E-state index contributed by atoms with van der Waals surface area (Å²) in [5, 5.41) is 8.40. The Morgan fingerprint density at radius 1 is 1.12 bits per heavy atom. The van der Waals surface area contributed by atoms with Crippen molar-refractivity contribution in [3.63, 3.8) is 0 Å². The van der Waals surface area contributed by atoms with Crippen LogP contribution in [-0.4, -0.2) is 74.0 Å². The van der Waals surface area contributed by atoms with E-state index in [1.807, 2.05) is 45.9 Å². The largest absolute Gasteiger partial charge is 0.491 e. The highest BCUT2D eigenvalue weighted by Gasteiger charge is 2.28. The van der Waals surface area contributed by atoms with Crippen molar-refractivity contribution < 1.29 is 28.7 Å². The van der Waals surface area contributed by atoms with Crippen molar-refractivity contribution in [2.45, 2.75) is 59.0 Å². The smallest absolute Gasteiger partial charge is 0.255 e. The Morgan fingerprint density at radius 2 is 1.88 bits per heavy atom. The average Bonchev–Trinajstić information content (AvgIpc) is 2.92. The average molecular weight is 567 g/mol. The molecule has 10 heteroatoms. The molecule has 0 fully saturated rings. The van der Waals surface area contributed by atoms with Crippen molar-refractivity contribution in [3.05, 3.63) is 59.2 Å². The first-order chi connectivity index (χ1) is 19.5. The van der Waals surface area contributed by atoms with Crippen LogP contribution < -0.4 is 25.4 Å². The van der Waals surface area contributed by atoms with Crippen molar-refractivity contribution in [1.29, 1.82) is 0 Å². The maximum Gasteiger partial charge on any atom is 0.255 e. The lowest BCUT2D eigenvalue weighted by Crippen LogP contribution is -2.50. The highest BCUT2D eigenvalue weighted by Crippen LogP contribution is 2.20. The van der Waals surface area contributed by atoms with Crippen LogP contribution in [0.1, 0.15) is 54.6 Å². The Labute approximate surface area is 242 Å². The number of fused-ring (bicyclic) bond motifs is 1. The number of aryl methyl sites for hydroxylation is 2. The van der Waals surface area contributed by atoms with Gasteiger partial charge in [-0.3, -0.25) is 19.2 Å². The Morgan fingerprint density at radius 3 is 2.61 bits per heavy atom. The fourth-order valence-electron chi connectivity index (χ4n) is 4.61. The molecule has 0 saturated carbocycles. The number of hydrogen-bond acceptors (Lipinski definition) is 6. The van der Waals surface area contributed by atoms with E-state index >= 15 is 0 Å². The van der Waals surface area contributed by atoms with Crippen LogP contribution in [0.25, 0.3) is 0 Å². The number of para-hydroxylation sites is 1. The zero-order chi connectivity index (χ0) is 29.9. The molecule has 1 heterocycles. The fraction of sp³-hybridized carbons (Fsp3) is 0.484. The van der Waals surface area contributed by atoms with Crippen LogP contribution in [0.3, 0.4) is 0 Å². The summed E-state index contributed by atoms with van der Waals surface area (Å²) in [6.45, 7) is 8.79. The molecule has 222 valence electrons. The fourth-order valence-corrected chi connectivity index (χ4v) is 4.61. The van der Waals surface area contributed by atoms with Gasteiger partial charge in [-0.25, -0.2) is 0 Å². The van der Waals surface area contributed by atoms with Gasteiger partial charge in [0.1, 0.15) is 36.8 Å². The number of rotatable bonds is 7. The van der Waals surface area contributed by atoms with E-state index in [9.17, 15) is 19.2 Å². The standard InChI is InChI=1S/C31H42N4O6/c1-20(2)18-25-31(39)35(5)15-17-41-27-9-7-6-8-23(27)29(37)34-24(11-13-28(36)33-25)30(38)32-14-16-40-26-12-10-21(3)19-22(26)4/h6-10,12,19-20,24-25H,11,13-18H2,1-5H3,(H,32,38)(H,33,36)(H,34,37)/t24-,25+/m0/s1. The zero-order valence-corrected chi connectivity index (χ0v) is 24.6. The van der Waals surface area contributed by atoms with Crippen LogP contribution in [0.2, 0.25) is 0 Å². The maximum atomic E-state index is 13.2. The van der Waals surface area contributed by atoms with E-state index in [2.05, 4.69) is 16.0 Å². The Bertz CT molecular complexity index is 1230. The molecule has 0 unspecified atom stereocenters. The first kappa shape index (κ1) is 31.4. The van der Waals surface area contributed by atoms with Gasteiger partial charge in [0.15, 0.2) is 0 Å². The SMILES string of the molecule is Cc1ccc(OCCNC(=O)[C@@H]2CCC(=O)N[C@H](CC(C)C)C(=O)N(C)CCOc3ccccc3C(=O)N2)c(C)c1. The number of ether oxygens (including phenoxy) is 2. The summed E-state index contributed by atoms with van der Waals surface area (Å²) in [4.78, 5) is 54.0. The van der Waals surface area contributed by atoms with Crippen LogP contribution in [0.5, 0.6) is 11.5 Å². The van der Waals surface area contributed by atoms with Crippen LogP contribution in [0.4, 0.5) is 0 Å². The summed E-state index contributed by atoms with van der Waals surface area (Å²) in [5.41, 5.74) is 2.39. The van der Waals surface area contributed by atoms with Gasteiger partial charge >= 0.3 is 0 Å². The topological polar surface area (TPSA) is 126 Å². The van der Waals surface area contributed by atoms with Gasteiger partial charge in [-0.2, -0.15) is 0 Å². The lowest BCUT2D eigenvalue weighted by Gasteiger charge is -2.26. The molecule has 2 atom stereocenters. The lowest BCUT2D eigenvalue weighted by atomic mass is 10.0. The van der Waals surface area contributed by atoms with Gasteiger partial charge in [0, 0.05) is 13.5 Å². The summed E-state index contributed by atoms with van der Waals surface area (Å²) in [7, 11) is 1.66. The molecule has 4 amide bonds. The molecule has 0 aromatic heterocycles. The zero-order valence-electron chi connectivity index (χ0n) is 24.6. The van der Waals surface area contributed by atoms with Gasteiger partial charge in [-0.15, -0.1) is 0 Å². The van der Waals surface area contributed by atoms with E-state index in [0.29, 0.717) is 12.2 Å². The quantitative estimate of drug-likeness (QED) is 0.443. The van der Waals surface area contributed by atoms with E-state index in [0.717, 1.165) is 16.9 Å². The Kier molecular flexibility index (Phi) is 11.6. The minimum atomic E-state index is -0.991. The number of hydrogen-bond donors (Lipinski definition) is 3. The van der Waals surface area contributed by atoms with Crippen molar-refractivity contribution in [1.82, 2.24) is 20.9 Å². The number of carbonyl (C=O) groups is 4. The minimum Gasteiger partial charge on any atom is -0.491 e. The second-order valence-corrected chi connectivity index (χ2v) is 10.8. The molecule has 1 aliphatic rings. The predicted octanol–water partition coefficient (Wildman–Crippen LogP) is 2.76. The first-order valence-corrected chi connectivity index (χ1v) is 14.1. The summed E-state index contributed by atoms with van der Waals surface area (Å²) < 4.78 is 11.7. The molecule has 2 aromatic rings. The lowest BCUT2D eigenvalue weighted by molar-refractivity contribution is -0.136. The van der Waals surface area contributed by atoms with Gasteiger partial charge in [0.2, 0.25) is 17.7 Å². The van der Waals surface area contributed by atoms with E-state index in [1.54, 1.807) is 31.3 Å². The van der Waals surface area contributed by atoms with E-state index in [-0.39, 0.29) is 62.4 Å². The molecular weight excluding hydrogens is 524 g/mol. The van der Waals surface area contributed by atoms with Crippen molar-refractivity contribution in [3.8, 4) is 11.5 Å². The monoisotopic (exact) mass is 566 g/mol. The van der Waals surface area contributed by atoms with Crippen molar-refractivity contribution in [2.75, 3.05) is 33.4 Å². The third-order valence-electron chi connectivity index (χ3n) is 6.80. The molecule has 3 N–H and O–H groups in total. The van der Waals surface area contributed by atoms with Gasteiger partial charge in [-0.1, -0.05) is 43.7 Å². The van der Waals surface area contributed by atoms with E-state index in [1.165, 1.54) is 4.90 Å². The molecule has 0 saturated heterocycles. The third-order valence-corrected chi connectivity index (χ3v) is 6.80. The third kappa shape index (κ3) is 9.51. The van der Waals surface area contributed by atoms with E-state index in [4.69, 9.17) is 9.47 Å². The Balaban J connectivity index is 1.74. The van der Waals surface area contributed by atoms with E-state index < -0.39 is 23.9 Å². The molecule has 0 radical (unpaired) electrons. The number of carbonyl (C=O) groups excluding carboxylic acids is 4. The van der Waals surface area contributed by atoms with Gasteiger partial charge in [0.25, 0.3) is 5.91 Å². The normalized spacial score (nSPS) is 18.8. The van der Waals surface area contributed by atoms with Crippen LogP contribution in [-0.2, 0) is 14.4 Å². The van der Waals surface area contributed by atoms with Crippen molar-refractivity contribution >= 4 is 23.6 Å². The number of likely N-dealkylation sites (N-methyl/N-ethyl adjacent to an activating group) is 1. The molecule has 3 rings (SSSR count). The predicted molar refractivity (Wildman–Crippen MR) is 156 cm³/mol. The highest BCUT2D eigenvalue weighted by molar-refractivity contribution is 5.99. The summed E-state index contributed by atoms with van der Waals surface area (Å²) >= 11 is 0. The number of nitrogens with zero attached hydrogens (tertiary/aromatic N) is 1.